The summed E-state index contributed by atoms with van der Waals surface area (Å²) in [6, 6.07) is 8.22. The van der Waals surface area contributed by atoms with E-state index in [2.05, 4.69) is 0 Å². The second kappa shape index (κ2) is 6.19. The Morgan fingerprint density at radius 2 is 2.04 bits per heavy atom. The molecule has 1 aliphatic rings. The van der Waals surface area contributed by atoms with Crippen molar-refractivity contribution in [2.24, 2.45) is 0 Å². The third kappa shape index (κ3) is 3.14. The van der Waals surface area contributed by atoms with Crippen LogP contribution in [0.5, 0.6) is 11.5 Å². The molecule has 3 rings (SSSR count). The normalized spacial score (nSPS) is 19.1. The number of nitrogens with zero attached hydrogens (tertiary/aromatic N) is 1. The Morgan fingerprint density at radius 1 is 1.32 bits per heavy atom. The highest BCUT2D eigenvalue weighted by Gasteiger charge is 2.47. The number of hydrogen-bond acceptors (Lipinski definition) is 3. The van der Waals surface area contributed by atoms with Gasteiger partial charge in [-0.15, -0.1) is 0 Å². The van der Waals surface area contributed by atoms with E-state index < -0.39 is 34.9 Å². The summed E-state index contributed by atoms with van der Waals surface area (Å²) in [5.41, 5.74) is 0.657. The van der Waals surface area contributed by atoms with E-state index in [-0.39, 0.29) is 22.6 Å². The van der Waals surface area contributed by atoms with Gasteiger partial charge in [-0.3, -0.25) is 4.21 Å². The topological polar surface area (TPSA) is 50.1 Å². The molecule has 7 heteroatoms. The highest BCUT2D eigenvalue weighted by molar-refractivity contribution is 7.84. The highest BCUT2D eigenvalue weighted by atomic mass is 32.2. The maximum absolute atomic E-state index is 14.2. The van der Waals surface area contributed by atoms with Gasteiger partial charge in [0.1, 0.15) is 17.3 Å². The van der Waals surface area contributed by atoms with Gasteiger partial charge in [0, 0.05) is 35.1 Å². The fourth-order valence-electron chi connectivity index (χ4n) is 3.04. The Labute approximate surface area is 145 Å². The van der Waals surface area contributed by atoms with Crippen LogP contribution in [0.2, 0.25) is 0 Å². The number of halogens is 3. The molecule has 0 radical (unpaired) electrons. The Morgan fingerprint density at radius 3 is 2.68 bits per heavy atom. The van der Waals surface area contributed by atoms with E-state index in [1.54, 1.807) is 0 Å². The van der Waals surface area contributed by atoms with Crippen molar-refractivity contribution >= 4 is 10.8 Å². The van der Waals surface area contributed by atoms with Crippen LogP contribution in [0.4, 0.5) is 13.2 Å². The summed E-state index contributed by atoms with van der Waals surface area (Å²) < 4.78 is 59.5. The fourth-order valence-corrected chi connectivity index (χ4v) is 3.91. The number of fused-ring (bicyclic) bond motifs is 1. The van der Waals surface area contributed by atoms with Crippen LogP contribution >= 0.6 is 0 Å². The molecule has 2 aromatic rings. The summed E-state index contributed by atoms with van der Waals surface area (Å²) in [5, 5.41) is 8.90. The van der Waals surface area contributed by atoms with E-state index in [0.717, 1.165) is 12.1 Å². The van der Waals surface area contributed by atoms with Crippen molar-refractivity contribution in [1.82, 2.24) is 0 Å². The minimum Gasteiger partial charge on any atom is -0.457 e. The lowest BCUT2D eigenvalue weighted by Crippen LogP contribution is -2.19. The number of rotatable bonds is 3. The molecular formula is C18H14F3NO2S. The summed E-state index contributed by atoms with van der Waals surface area (Å²) in [6.07, 6.45) is 0.898. The van der Waals surface area contributed by atoms with Crippen LogP contribution in [0.3, 0.4) is 0 Å². The molecule has 2 aromatic carbocycles. The van der Waals surface area contributed by atoms with Gasteiger partial charge in [0.2, 0.25) is 0 Å². The van der Waals surface area contributed by atoms with Gasteiger partial charge in [-0.1, -0.05) is 6.92 Å². The first kappa shape index (κ1) is 17.5. The monoisotopic (exact) mass is 365 g/mol. The van der Waals surface area contributed by atoms with Crippen molar-refractivity contribution in [2.75, 3.05) is 6.26 Å². The van der Waals surface area contributed by atoms with Crippen LogP contribution in [0, 0.1) is 17.1 Å². The van der Waals surface area contributed by atoms with E-state index in [9.17, 15) is 17.4 Å². The van der Waals surface area contributed by atoms with Crippen LogP contribution in [0.15, 0.2) is 35.2 Å². The standard InChI is InChI=1S/C18H14F3NO2S/c1-10-17-14(8-18(10,20)21)15(3-4-16(17)25(2)23)24-13-6-11(9-22)5-12(19)7-13/h3-7,10H,8H2,1-2H3/t10-,25?/m0/s1. The van der Waals surface area contributed by atoms with Crippen LogP contribution in [0.1, 0.15) is 29.5 Å². The summed E-state index contributed by atoms with van der Waals surface area (Å²) in [6.45, 7) is 1.39. The van der Waals surface area contributed by atoms with Gasteiger partial charge >= 0.3 is 0 Å². The van der Waals surface area contributed by atoms with Crippen molar-refractivity contribution in [3.05, 3.63) is 52.8 Å². The maximum Gasteiger partial charge on any atom is 0.258 e. The molecule has 3 nitrogen and oxygen atoms in total. The van der Waals surface area contributed by atoms with Crippen LogP contribution < -0.4 is 4.74 Å². The summed E-state index contributed by atoms with van der Waals surface area (Å²) in [5.74, 6) is -4.52. The Hall–Kier alpha value is -2.33. The van der Waals surface area contributed by atoms with Gasteiger partial charge in [0.15, 0.2) is 0 Å². The van der Waals surface area contributed by atoms with Gasteiger partial charge in [-0.25, -0.2) is 13.2 Å². The van der Waals surface area contributed by atoms with E-state index in [0.29, 0.717) is 10.5 Å². The average Bonchev–Trinajstić information content (AvgIpc) is 2.78. The molecule has 0 aliphatic heterocycles. The molecule has 0 saturated heterocycles. The molecule has 0 spiro atoms. The average molecular weight is 365 g/mol. The van der Waals surface area contributed by atoms with E-state index in [1.165, 1.54) is 31.4 Å². The van der Waals surface area contributed by atoms with Crippen molar-refractivity contribution in [3.8, 4) is 17.6 Å². The summed E-state index contributed by atoms with van der Waals surface area (Å²) in [4.78, 5) is 0.351. The molecule has 0 N–H and O–H groups in total. The lowest BCUT2D eigenvalue weighted by atomic mass is 10.0. The third-order valence-electron chi connectivity index (χ3n) is 4.29. The SMILES string of the molecule is C[C@H]1c2c(S(C)=O)ccc(Oc3cc(F)cc(C#N)c3)c2CC1(F)F. The van der Waals surface area contributed by atoms with E-state index in [4.69, 9.17) is 10.00 Å². The number of benzene rings is 2. The lowest BCUT2D eigenvalue weighted by Gasteiger charge is -2.16. The van der Waals surface area contributed by atoms with Gasteiger partial charge in [-0.05, 0) is 29.8 Å². The van der Waals surface area contributed by atoms with Crippen LogP contribution in [0.25, 0.3) is 0 Å². The Kier molecular flexibility index (Phi) is 4.33. The second-order valence-corrected chi connectivity index (χ2v) is 7.31. The lowest BCUT2D eigenvalue weighted by molar-refractivity contribution is -0.0104. The van der Waals surface area contributed by atoms with Crippen molar-refractivity contribution in [2.45, 2.75) is 30.1 Å². The third-order valence-corrected chi connectivity index (χ3v) is 5.27. The molecule has 0 aromatic heterocycles. The molecule has 0 heterocycles. The Balaban J connectivity index is 2.10. The van der Waals surface area contributed by atoms with E-state index in [1.807, 2.05) is 6.07 Å². The molecule has 0 saturated carbocycles. The number of ether oxygens (including phenoxy) is 1. The quantitative estimate of drug-likeness (QED) is 0.803. The smallest absolute Gasteiger partial charge is 0.258 e. The molecule has 130 valence electrons. The molecule has 0 amide bonds. The Bertz CT molecular complexity index is 921. The summed E-state index contributed by atoms with van der Waals surface area (Å²) in [7, 11) is -1.42. The largest absolute Gasteiger partial charge is 0.457 e. The van der Waals surface area contributed by atoms with Crippen molar-refractivity contribution < 1.29 is 22.1 Å². The van der Waals surface area contributed by atoms with Gasteiger partial charge < -0.3 is 4.74 Å². The number of hydrogen-bond donors (Lipinski definition) is 0. The first-order valence-corrected chi connectivity index (χ1v) is 9.04. The van der Waals surface area contributed by atoms with Gasteiger partial charge in [-0.2, -0.15) is 5.26 Å². The zero-order chi connectivity index (χ0) is 18.4. The maximum atomic E-state index is 14.2. The molecule has 2 atom stereocenters. The summed E-state index contributed by atoms with van der Waals surface area (Å²) >= 11 is 0. The molecular weight excluding hydrogens is 351 g/mol. The minimum absolute atomic E-state index is 0.0481. The van der Waals surface area contributed by atoms with Gasteiger partial charge in [0.25, 0.3) is 5.92 Å². The molecule has 25 heavy (non-hydrogen) atoms. The number of nitriles is 1. The second-order valence-electron chi connectivity index (χ2n) is 5.96. The minimum atomic E-state index is -2.98. The molecule has 0 fully saturated rings. The van der Waals surface area contributed by atoms with Crippen molar-refractivity contribution in [1.29, 1.82) is 5.26 Å². The molecule has 1 aliphatic carbocycles. The fraction of sp³-hybridized carbons (Fsp3) is 0.278. The zero-order valence-electron chi connectivity index (χ0n) is 13.5. The highest BCUT2D eigenvalue weighted by Crippen LogP contribution is 2.50. The number of alkyl halides is 2. The van der Waals surface area contributed by atoms with Crippen LogP contribution in [-0.2, 0) is 17.2 Å². The predicted octanol–water partition coefficient (Wildman–Crippen LogP) is 4.52. The first-order valence-electron chi connectivity index (χ1n) is 7.48. The van der Waals surface area contributed by atoms with Gasteiger partial charge in [0.05, 0.1) is 22.4 Å². The first-order chi connectivity index (χ1) is 11.7. The molecule has 1 unspecified atom stereocenters. The zero-order valence-corrected chi connectivity index (χ0v) is 14.3. The van der Waals surface area contributed by atoms with Crippen molar-refractivity contribution in [3.63, 3.8) is 0 Å². The van der Waals surface area contributed by atoms with Crippen LogP contribution in [-0.4, -0.2) is 16.4 Å². The molecule has 0 bridgehead atoms. The predicted molar refractivity (Wildman–Crippen MR) is 87.0 cm³/mol. The van der Waals surface area contributed by atoms with E-state index >= 15 is 0 Å².